The van der Waals surface area contributed by atoms with E-state index in [4.69, 9.17) is 4.74 Å². The SMILES string of the molecule is CCC/C=C\C/C=C\CCCCCCCC(=O)OCCCCCCCCCCCCCCCCCCCCCCCCCC(=O)NC(CO)C(O)CCCCCCCCCCCCCCCCCCCCC. The number of hydrogen-bond acceptors (Lipinski definition) is 5. The lowest BCUT2D eigenvalue weighted by atomic mass is 10.0. The number of esters is 1. The number of ether oxygens (including phenoxy) is 1. The van der Waals surface area contributed by atoms with E-state index in [0.29, 0.717) is 25.9 Å². The Morgan fingerprint density at radius 3 is 1.11 bits per heavy atom. The summed E-state index contributed by atoms with van der Waals surface area (Å²) < 4.78 is 5.47. The number of allylic oxidation sites excluding steroid dienone is 4. The fourth-order valence-electron chi connectivity index (χ4n) is 10.3. The molecule has 72 heavy (non-hydrogen) atoms. The smallest absolute Gasteiger partial charge is 0.305 e. The molecule has 0 aliphatic carbocycles. The quantitative estimate of drug-likeness (QED) is 0.0320. The van der Waals surface area contributed by atoms with E-state index >= 15 is 0 Å². The van der Waals surface area contributed by atoms with Crippen LogP contribution in [0.4, 0.5) is 0 Å². The zero-order chi connectivity index (χ0) is 52.2. The van der Waals surface area contributed by atoms with E-state index in [9.17, 15) is 19.8 Å². The van der Waals surface area contributed by atoms with Crippen LogP contribution in [0.5, 0.6) is 0 Å². The molecule has 0 aliphatic rings. The Hall–Kier alpha value is -1.66. The number of aliphatic hydroxyl groups is 2. The summed E-state index contributed by atoms with van der Waals surface area (Å²) in [5, 5.41) is 23.4. The molecule has 0 saturated carbocycles. The molecule has 0 saturated heterocycles. The van der Waals surface area contributed by atoms with Gasteiger partial charge in [0.05, 0.1) is 25.4 Å². The summed E-state index contributed by atoms with van der Waals surface area (Å²) in [5.74, 6) is -0.0315. The Balaban J connectivity index is 3.38. The summed E-state index contributed by atoms with van der Waals surface area (Å²) in [6, 6.07) is -0.542. The molecule has 0 aromatic carbocycles. The highest BCUT2D eigenvalue weighted by molar-refractivity contribution is 5.76. The minimum atomic E-state index is -0.664. The summed E-state index contributed by atoms with van der Waals surface area (Å²) >= 11 is 0. The van der Waals surface area contributed by atoms with Gasteiger partial charge in [-0.2, -0.15) is 0 Å². The molecule has 0 rings (SSSR count). The molecule has 0 spiro atoms. The second kappa shape index (κ2) is 61.9. The minimum Gasteiger partial charge on any atom is -0.466 e. The van der Waals surface area contributed by atoms with Crippen LogP contribution in [0.25, 0.3) is 0 Å². The number of hydrogen-bond donors (Lipinski definition) is 3. The van der Waals surface area contributed by atoms with Gasteiger partial charge in [0.15, 0.2) is 0 Å². The Morgan fingerprint density at radius 2 is 0.722 bits per heavy atom. The molecule has 6 heteroatoms. The molecule has 426 valence electrons. The predicted octanol–water partition coefficient (Wildman–Crippen LogP) is 20.6. The van der Waals surface area contributed by atoms with E-state index in [0.717, 1.165) is 51.4 Å². The summed E-state index contributed by atoms with van der Waals surface area (Å²) in [4.78, 5) is 24.6. The van der Waals surface area contributed by atoms with Crippen molar-refractivity contribution in [3.8, 4) is 0 Å². The van der Waals surface area contributed by atoms with E-state index in [1.165, 1.54) is 276 Å². The van der Waals surface area contributed by atoms with Crippen LogP contribution in [0.2, 0.25) is 0 Å². The van der Waals surface area contributed by atoms with Crippen molar-refractivity contribution in [2.24, 2.45) is 0 Å². The first-order valence-corrected chi connectivity index (χ1v) is 32.6. The van der Waals surface area contributed by atoms with E-state index in [1.54, 1.807) is 0 Å². The van der Waals surface area contributed by atoms with Gasteiger partial charge in [-0.3, -0.25) is 9.59 Å². The fraction of sp³-hybridized carbons (Fsp3) is 0.909. The number of nitrogens with one attached hydrogen (secondary N) is 1. The number of carbonyl (C=O) groups excluding carboxylic acids is 2. The molecule has 0 aromatic rings. The lowest BCUT2D eigenvalue weighted by molar-refractivity contribution is -0.143. The van der Waals surface area contributed by atoms with E-state index < -0.39 is 12.1 Å². The highest BCUT2D eigenvalue weighted by Gasteiger charge is 2.20. The van der Waals surface area contributed by atoms with Crippen LogP contribution in [-0.4, -0.2) is 47.4 Å². The van der Waals surface area contributed by atoms with Crippen molar-refractivity contribution in [1.82, 2.24) is 5.32 Å². The van der Waals surface area contributed by atoms with Crippen LogP contribution in [0.1, 0.15) is 361 Å². The van der Waals surface area contributed by atoms with E-state index in [1.807, 2.05) is 0 Å². The van der Waals surface area contributed by atoms with Gasteiger partial charge in [0, 0.05) is 12.8 Å². The first kappa shape index (κ1) is 70.3. The van der Waals surface area contributed by atoms with Crippen LogP contribution in [-0.2, 0) is 14.3 Å². The summed E-state index contributed by atoms with van der Waals surface area (Å²) in [7, 11) is 0. The zero-order valence-corrected chi connectivity index (χ0v) is 48.7. The zero-order valence-electron chi connectivity index (χ0n) is 48.7. The van der Waals surface area contributed by atoms with E-state index in [-0.39, 0.29) is 18.5 Å². The second-order valence-corrected chi connectivity index (χ2v) is 22.5. The number of aliphatic hydroxyl groups excluding tert-OH is 2. The average Bonchev–Trinajstić information content (AvgIpc) is 3.38. The first-order chi connectivity index (χ1) is 35.5. The van der Waals surface area contributed by atoms with Crippen LogP contribution in [0.15, 0.2) is 24.3 Å². The molecule has 2 atom stereocenters. The molecule has 1 amide bonds. The molecular weight excluding hydrogens is 887 g/mol. The molecule has 0 fully saturated rings. The van der Waals surface area contributed by atoms with Gasteiger partial charge in [-0.1, -0.05) is 321 Å². The Morgan fingerprint density at radius 1 is 0.389 bits per heavy atom. The standard InChI is InChI=1S/C66H127NO5/c1-3-5-7-9-11-13-15-17-18-19-25-28-31-35-38-42-46-50-54-58-64(69)63(62-68)67-65(70)59-55-51-47-43-39-36-32-29-26-23-21-20-22-24-27-30-33-37-41-45-49-53-57-61-72-66(71)60-56-52-48-44-40-34-16-14-12-10-8-6-4-2/h8,10,14,16,63-64,68-69H,3-7,9,11-13,15,17-62H2,1-2H3,(H,67,70)/b10-8-,16-14-. The van der Waals surface area contributed by atoms with Gasteiger partial charge in [0.1, 0.15) is 0 Å². The summed E-state index contributed by atoms with van der Waals surface area (Å²) in [6.45, 7) is 4.91. The number of rotatable bonds is 61. The number of carbonyl (C=O) groups is 2. The maximum absolute atomic E-state index is 12.5. The number of amides is 1. The van der Waals surface area contributed by atoms with Crippen molar-refractivity contribution in [3.05, 3.63) is 24.3 Å². The van der Waals surface area contributed by atoms with Crippen molar-refractivity contribution in [2.75, 3.05) is 13.2 Å². The number of unbranched alkanes of at least 4 members (excludes halogenated alkanes) is 46. The van der Waals surface area contributed by atoms with Crippen molar-refractivity contribution in [1.29, 1.82) is 0 Å². The fourth-order valence-corrected chi connectivity index (χ4v) is 10.3. The van der Waals surface area contributed by atoms with Crippen molar-refractivity contribution >= 4 is 11.9 Å². The molecule has 0 radical (unpaired) electrons. The molecule has 0 heterocycles. The van der Waals surface area contributed by atoms with Crippen LogP contribution >= 0.6 is 0 Å². The van der Waals surface area contributed by atoms with Crippen molar-refractivity contribution in [2.45, 2.75) is 373 Å². The molecule has 3 N–H and O–H groups in total. The van der Waals surface area contributed by atoms with Crippen LogP contribution in [0.3, 0.4) is 0 Å². The second-order valence-electron chi connectivity index (χ2n) is 22.5. The highest BCUT2D eigenvalue weighted by Crippen LogP contribution is 2.19. The van der Waals surface area contributed by atoms with Crippen LogP contribution in [0, 0.1) is 0 Å². The normalized spacial score (nSPS) is 12.7. The van der Waals surface area contributed by atoms with Gasteiger partial charge in [-0.25, -0.2) is 0 Å². The van der Waals surface area contributed by atoms with Gasteiger partial charge in [-0.05, 0) is 51.4 Å². The maximum atomic E-state index is 12.5. The minimum absolute atomic E-state index is 0.000378. The van der Waals surface area contributed by atoms with Gasteiger partial charge < -0.3 is 20.3 Å². The van der Waals surface area contributed by atoms with Crippen LogP contribution < -0.4 is 5.32 Å². The van der Waals surface area contributed by atoms with Gasteiger partial charge in [0.25, 0.3) is 0 Å². The maximum Gasteiger partial charge on any atom is 0.305 e. The predicted molar refractivity (Wildman–Crippen MR) is 315 cm³/mol. The van der Waals surface area contributed by atoms with Crippen molar-refractivity contribution in [3.63, 3.8) is 0 Å². The average molecular weight is 1010 g/mol. The Labute approximate surface area is 450 Å². The molecule has 0 aliphatic heterocycles. The first-order valence-electron chi connectivity index (χ1n) is 32.6. The third-order valence-corrected chi connectivity index (χ3v) is 15.2. The third kappa shape index (κ3) is 57.6. The topological polar surface area (TPSA) is 95.9 Å². The monoisotopic (exact) mass is 1010 g/mol. The Kier molecular flexibility index (Phi) is 60.5. The van der Waals surface area contributed by atoms with Gasteiger partial charge in [-0.15, -0.1) is 0 Å². The van der Waals surface area contributed by atoms with Crippen molar-refractivity contribution < 1.29 is 24.5 Å². The highest BCUT2D eigenvalue weighted by atomic mass is 16.5. The van der Waals surface area contributed by atoms with Gasteiger partial charge >= 0.3 is 5.97 Å². The summed E-state index contributed by atoms with van der Waals surface area (Å²) in [5.41, 5.74) is 0. The third-order valence-electron chi connectivity index (χ3n) is 15.2. The molecule has 6 nitrogen and oxygen atoms in total. The lowest BCUT2D eigenvalue weighted by Crippen LogP contribution is -2.45. The molecule has 0 bridgehead atoms. The van der Waals surface area contributed by atoms with Gasteiger partial charge in [0.2, 0.25) is 5.91 Å². The molecular formula is C66H127NO5. The van der Waals surface area contributed by atoms with E-state index in [2.05, 4.69) is 43.5 Å². The lowest BCUT2D eigenvalue weighted by Gasteiger charge is -2.22. The molecule has 0 aromatic heterocycles. The molecule has 2 unspecified atom stereocenters. The Bertz CT molecular complexity index is 1120. The largest absolute Gasteiger partial charge is 0.466 e. The summed E-state index contributed by atoms with van der Waals surface area (Å²) in [6.07, 6.45) is 76.3.